The Morgan fingerprint density at radius 3 is 2.04 bits per heavy atom. The van der Waals surface area contributed by atoms with Crippen molar-refractivity contribution in [3.05, 3.63) is 0 Å². The van der Waals surface area contributed by atoms with Gasteiger partial charge in [-0.25, -0.2) is 4.39 Å². The van der Waals surface area contributed by atoms with Gasteiger partial charge in [-0.15, -0.1) is 0 Å². The van der Waals surface area contributed by atoms with E-state index in [0.717, 1.165) is 44.9 Å². The van der Waals surface area contributed by atoms with Gasteiger partial charge >= 0.3 is 5.97 Å². The Morgan fingerprint density at radius 1 is 0.913 bits per heavy atom. The summed E-state index contributed by atoms with van der Waals surface area (Å²) < 4.78 is 18.4. The van der Waals surface area contributed by atoms with E-state index in [2.05, 4.69) is 11.7 Å². The first-order valence-electron chi connectivity index (χ1n) is 9.50. The predicted octanol–water partition coefficient (Wildman–Crippen LogP) is 5.34. The van der Waals surface area contributed by atoms with Crippen molar-refractivity contribution in [2.24, 2.45) is 0 Å². The Balaban J connectivity index is 3.40. The third-order valence-corrected chi connectivity index (χ3v) is 4.36. The zero-order valence-electron chi connectivity index (χ0n) is 15.2. The molecule has 0 rings (SSSR count). The topological polar surface area (TPSA) is 46.5 Å². The molecule has 2 atom stereocenters. The minimum Gasteiger partial charge on any atom is -0.469 e. The van der Waals surface area contributed by atoms with Crippen LogP contribution in [-0.4, -0.2) is 30.5 Å². The van der Waals surface area contributed by atoms with Crippen LogP contribution in [0.25, 0.3) is 0 Å². The first kappa shape index (κ1) is 22.4. The summed E-state index contributed by atoms with van der Waals surface area (Å²) in [5.74, 6) is -0.157. The summed E-state index contributed by atoms with van der Waals surface area (Å²) in [6.07, 6.45) is 11.2. The molecular weight excluding hydrogens is 295 g/mol. The van der Waals surface area contributed by atoms with E-state index in [1.54, 1.807) is 0 Å². The van der Waals surface area contributed by atoms with E-state index in [0.29, 0.717) is 19.3 Å². The van der Waals surface area contributed by atoms with Gasteiger partial charge in [-0.2, -0.15) is 0 Å². The van der Waals surface area contributed by atoms with E-state index in [4.69, 9.17) is 0 Å². The molecule has 0 aromatic rings. The fourth-order valence-electron chi connectivity index (χ4n) is 2.75. The molecule has 0 bridgehead atoms. The Morgan fingerprint density at radius 2 is 1.43 bits per heavy atom. The highest BCUT2D eigenvalue weighted by Crippen LogP contribution is 2.17. The molecule has 0 radical (unpaired) electrons. The van der Waals surface area contributed by atoms with Crippen molar-refractivity contribution in [2.45, 2.75) is 109 Å². The van der Waals surface area contributed by atoms with Crippen LogP contribution in [0.4, 0.5) is 4.39 Å². The zero-order chi connectivity index (χ0) is 17.3. The lowest BCUT2D eigenvalue weighted by molar-refractivity contribution is -0.140. The molecule has 0 aromatic heterocycles. The summed E-state index contributed by atoms with van der Waals surface area (Å²) in [6, 6.07) is 0. The number of hydrogen-bond donors (Lipinski definition) is 1. The fourth-order valence-corrected chi connectivity index (χ4v) is 2.75. The minimum absolute atomic E-state index is 0.157. The van der Waals surface area contributed by atoms with Gasteiger partial charge < -0.3 is 9.84 Å². The van der Waals surface area contributed by atoms with Crippen LogP contribution < -0.4 is 0 Å². The van der Waals surface area contributed by atoms with Crippen molar-refractivity contribution >= 4 is 5.97 Å². The quantitative estimate of drug-likeness (QED) is 0.306. The molecule has 0 aliphatic carbocycles. The third kappa shape index (κ3) is 14.7. The van der Waals surface area contributed by atoms with E-state index in [1.165, 1.54) is 32.8 Å². The number of aliphatic hydroxyl groups excluding tert-OH is 1. The monoisotopic (exact) mass is 332 g/mol. The average Bonchev–Trinajstić information content (AvgIpc) is 2.56. The van der Waals surface area contributed by atoms with E-state index < -0.39 is 12.3 Å². The van der Waals surface area contributed by atoms with Crippen LogP contribution in [-0.2, 0) is 9.53 Å². The van der Waals surface area contributed by atoms with Crippen LogP contribution in [0.1, 0.15) is 96.8 Å². The summed E-state index contributed by atoms with van der Waals surface area (Å²) in [6.45, 7) is 2.19. The first-order chi connectivity index (χ1) is 11.1. The normalized spacial score (nSPS) is 13.7. The van der Waals surface area contributed by atoms with Crippen molar-refractivity contribution in [1.29, 1.82) is 0 Å². The third-order valence-electron chi connectivity index (χ3n) is 4.36. The van der Waals surface area contributed by atoms with Gasteiger partial charge in [0.25, 0.3) is 0 Å². The van der Waals surface area contributed by atoms with Gasteiger partial charge in [-0.1, -0.05) is 71.1 Å². The highest BCUT2D eigenvalue weighted by atomic mass is 19.1. The summed E-state index contributed by atoms with van der Waals surface area (Å²) >= 11 is 0. The van der Waals surface area contributed by atoms with Gasteiger partial charge in [0.2, 0.25) is 0 Å². The molecular formula is C19H37FO3. The van der Waals surface area contributed by atoms with Gasteiger partial charge in [-0.05, 0) is 19.3 Å². The number of carbonyl (C=O) groups is 1. The van der Waals surface area contributed by atoms with Crippen LogP contribution in [0.15, 0.2) is 0 Å². The van der Waals surface area contributed by atoms with E-state index in [9.17, 15) is 14.3 Å². The number of halogens is 1. The maximum atomic E-state index is 13.8. The number of aliphatic hydroxyl groups is 1. The second kappa shape index (κ2) is 16.2. The number of carbonyl (C=O) groups excluding carboxylic acids is 1. The molecule has 0 aliphatic rings. The predicted molar refractivity (Wildman–Crippen MR) is 93.2 cm³/mol. The largest absolute Gasteiger partial charge is 0.469 e. The Bertz CT molecular complexity index is 271. The van der Waals surface area contributed by atoms with Gasteiger partial charge in [0, 0.05) is 6.42 Å². The molecule has 0 spiro atoms. The maximum absolute atomic E-state index is 13.8. The highest BCUT2D eigenvalue weighted by molar-refractivity contribution is 5.68. The molecule has 23 heavy (non-hydrogen) atoms. The SMILES string of the molecule is CCCCCCCC[C@@H](F)[C@@H](O)CCCCCCCC(=O)OC. The molecule has 0 heterocycles. The number of hydrogen-bond acceptors (Lipinski definition) is 3. The van der Waals surface area contributed by atoms with Crippen LogP contribution in [0.5, 0.6) is 0 Å². The van der Waals surface area contributed by atoms with Crippen molar-refractivity contribution in [2.75, 3.05) is 7.11 Å². The van der Waals surface area contributed by atoms with E-state index >= 15 is 0 Å². The number of unbranched alkanes of at least 4 members (excludes halogenated alkanes) is 9. The molecule has 0 fully saturated rings. The number of ether oxygens (including phenoxy) is 1. The number of esters is 1. The van der Waals surface area contributed by atoms with E-state index in [-0.39, 0.29) is 5.97 Å². The van der Waals surface area contributed by atoms with Gasteiger partial charge in [-0.3, -0.25) is 4.79 Å². The highest BCUT2D eigenvalue weighted by Gasteiger charge is 2.17. The van der Waals surface area contributed by atoms with Gasteiger partial charge in [0.05, 0.1) is 13.2 Å². The molecule has 0 saturated carbocycles. The Kier molecular flexibility index (Phi) is 15.8. The molecule has 0 unspecified atom stereocenters. The van der Waals surface area contributed by atoms with Crippen LogP contribution in [0, 0.1) is 0 Å². The van der Waals surface area contributed by atoms with Crippen LogP contribution in [0.2, 0.25) is 0 Å². The maximum Gasteiger partial charge on any atom is 0.305 e. The Hall–Kier alpha value is -0.640. The smallest absolute Gasteiger partial charge is 0.305 e. The lowest BCUT2D eigenvalue weighted by Crippen LogP contribution is -2.21. The molecule has 1 N–H and O–H groups in total. The van der Waals surface area contributed by atoms with E-state index in [1.807, 2.05) is 0 Å². The standard InChI is InChI=1S/C19H37FO3/c1-3-4-5-6-8-11-14-17(20)18(21)15-12-9-7-10-13-16-19(22)23-2/h17-18,21H,3-16H2,1-2H3/t17-,18+/m1/s1. The molecule has 0 aromatic carbocycles. The molecule has 138 valence electrons. The zero-order valence-corrected chi connectivity index (χ0v) is 15.2. The van der Waals surface area contributed by atoms with Crippen molar-refractivity contribution in [3.8, 4) is 0 Å². The molecule has 0 amide bonds. The molecule has 0 saturated heterocycles. The molecule has 3 nitrogen and oxygen atoms in total. The summed E-state index contributed by atoms with van der Waals surface area (Å²) in [4.78, 5) is 10.9. The van der Waals surface area contributed by atoms with Crippen LogP contribution >= 0.6 is 0 Å². The number of alkyl halides is 1. The minimum atomic E-state index is -1.07. The van der Waals surface area contributed by atoms with Crippen molar-refractivity contribution < 1.29 is 19.0 Å². The number of methoxy groups -OCH3 is 1. The number of rotatable bonds is 16. The van der Waals surface area contributed by atoms with Crippen molar-refractivity contribution in [1.82, 2.24) is 0 Å². The first-order valence-corrected chi connectivity index (χ1v) is 9.50. The van der Waals surface area contributed by atoms with Gasteiger partial charge in [0.1, 0.15) is 6.17 Å². The second-order valence-electron chi connectivity index (χ2n) is 6.52. The van der Waals surface area contributed by atoms with Gasteiger partial charge in [0.15, 0.2) is 0 Å². The molecule has 0 aliphatic heterocycles. The summed E-state index contributed by atoms with van der Waals surface area (Å²) in [7, 11) is 1.41. The average molecular weight is 333 g/mol. The summed E-state index contributed by atoms with van der Waals surface area (Å²) in [5.41, 5.74) is 0. The summed E-state index contributed by atoms with van der Waals surface area (Å²) in [5, 5.41) is 9.83. The molecule has 4 heteroatoms. The lowest BCUT2D eigenvalue weighted by Gasteiger charge is -2.15. The fraction of sp³-hybridized carbons (Fsp3) is 0.947. The van der Waals surface area contributed by atoms with Crippen molar-refractivity contribution in [3.63, 3.8) is 0 Å². The Labute approximate surface area is 142 Å². The van der Waals surface area contributed by atoms with Crippen LogP contribution in [0.3, 0.4) is 0 Å². The lowest BCUT2D eigenvalue weighted by atomic mass is 10.0. The second-order valence-corrected chi connectivity index (χ2v) is 6.52.